The number of nitrogens with zero attached hydrogens (tertiary/aromatic N) is 5. The minimum atomic E-state index is -0.177. The van der Waals surface area contributed by atoms with E-state index in [0.29, 0.717) is 37.1 Å². The van der Waals surface area contributed by atoms with Crippen molar-refractivity contribution in [3.8, 4) is 5.69 Å². The van der Waals surface area contributed by atoms with Gasteiger partial charge in [-0.15, -0.1) is 5.10 Å². The van der Waals surface area contributed by atoms with Crippen LogP contribution in [0.1, 0.15) is 29.4 Å². The molecule has 8 heteroatoms. The lowest BCUT2D eigenvalue weighted by atomic mass is 10.2. The number of rotatable bonds is 7. The van der Waals surface area contributed by atoms with Gasteiger partial charge in [0.2, 0.25) is 0 Å². The summed E-state index contributed by atoms with van der Waals surface area (Å²) in [5.74, 6) is -0.161. The zero-order valence-electron chi connectivity index (χ0n) is 16.2. The molecule has 148 valence electrons. The van der Waals surface area contributed by atoms with E-state index < -0.39 is 0 Å². The summed E-state index contributed by atoms with van der Waals surface area (Å²) in [5, 5.41) is 11.6. The van der Waals surface area contributed by atoms with Crippen LogP contribution in [0.4, 0.5) is 0 Å². The molecule has 0 aliphatic carbocycles. The molecule has 0 aliphatic heterocycles. The predicted molar refractivity (Wildman–Crippen MR) is 109 cm³/mol. The van der Waals surface area contributed by atoms with E-state index in [9.17, 15) is 9.59 Å². The molecule has 29 heavy (non-hydrogen) atoms. The fourth-order valence-corrected chi connectivity index (χ4v) is 3.34. The van der Waals surface area contributed by atoms with Gasteiger partial charge in [-0.05, 0) is 37.1 Å². The van der Waals surface area contributed by atoms with Crippen LogP contribution in [0.25, 0.3) is 11.3 Å². The zero-order valence-corrected chi connectivity index (χ0v) is 16.2. The second-order valence-electron chi connectivity index (χ2n) is 6.65. The largest absolute Gasteiger partial charge is 0.352 e. The first-order chi connectivity index (χ1) is 14.2. The van der Waals surface area contributed by atoms with Crippen molar-refractivity contribution in [3.05, 3.63) is 82.7 Å². The van der Waals surface area contributed by atoms with Crippen molar-refractivity contribution in [1.29, 1.82) is 0 Å². The SMILES string of the molecule is CCc1c(C(=O)NCCCn2nc3ccccn3c2=O)cnn1-c1ccccc1. The van der Waals surface area contributed by atoms with Crippen LogP contribution in [0.2, 0.25) is 0 Å². The number of para-hydroxylation sites is 1. The molecule has 0 bridgehead atoms. The zero-order chi connectivity index (χ0) is 20.2. The van der Waals surface area contributed by atoms with Gasteiger partial charge in [0.25, 0.3) is 5.91 Å². The first-order valence-electron chi connectivity index (χ1n) is 9.63. The van der Waals surface area contributed by atoms with Crippen molar-refractivity contribution in [3.63, 3.8) is 0 Å². The summed E-state index contributed by atoms with van der Waals surface area (Å²) in [5.41, 5.74) is 2.80. The quantitative estimate of drug-likeness (QED) is 0.490. The molecule has 0 radical (unpaired) electrons. The Balaban J connectivity index is 1.39. The lowest BCUT2D eigenvalue weighted by Crippen LogP contribution is -2.28. The number of aromatic nitrogens is 5. The Kier molecular flexibility index (Phi) is 5.24. The molecule has 4 rings (SSSR count). The number of hydrogen-bond donors (Lipinski definition) is 1. The maximum Gasteiger partial charge on any atom is 0.350 e. The summed E-state index contributed by atoms with van der Waals surface area (Å²) in [4.78, 5) is 24.9. The van der Waals surface area contributed by atoms with E-state index in [1.165, 1.54) is 9.08 Å². The Morgan fingerprint density at radius 3 is 2.66 bits per heavy atom. The van der Waals surface area contributed by atoms with Crippen LogP contribution in [-0.4, -0.2) is 36.4 Å². The van der Waals surface area contributed by atoms with Gasteiger partial charge < -0.3 is 5.32 Å². The molecule has 1 amide bonds. The Labute approximate surface area is 167 Å². The minimum absolute atomic E-state index is 0.161. The smallest absolute Gasteiger partial charge is 0.350 e. The van der Waals surface area contributed by atoms with Crippen molar-refractivity contribution in [1.82, 2.24) is 29.3 Å². The number of hydrogen-bond acceptors (Lipinski definition) is 4. The van der Waals surface area contributed by atoms with Crippen LogP contribution in [0, 0.1) is 0 Å². The molecule has 0 unspecified atom stereocenters. The maximum atomic E-state index is 12.6. The van der Waals surface area contributed by atoms with Crippen molar-refractivity contribution in [2.45, 2.75) is 26.3 Å². The summed E-state index contributed by atoms with van der Waals surface area (Å²) in [7, 11) is 0. The predicted octanol–water partition coefficient (Wildman–Crippen LogP) is 2.06. The Morgan fingerprint density at radius 2 is 1.90 bits per heavy atom. The molecule has 4 aromatic rings. The Morgan fingerprint density at radius 1 is 1.10 bits per heavy atom. The highest BCUT2D eigenvalue weighted by Gasteiger charge is 2.16. The van der Waals surface area contributed by atoms with Crippen LogP contribution >= 0.6 is 0 Å². The molecule has 0 aliphatic rings. The topological polar surface area (TPSA) is 86.2 Å². The van der Waals surface area contributed by atoms with E-state index >= 15 is 0 Å². The summed E-state index contributed by atoms with van der Waals surface area (Å²) < 4.78 is 4.72. The fourth-order valence-electron chi connectivity index (χ4n) is 3.34. The number of carbonyl (C=O) groups is 1. The van der Waals surface area contributed by atoms with E-state index in [1.807, 2.05) is 43.3 Å². The summed E-state index contributed by atoms with van der Waals surface area (Å²) in [6.07, 6.45) is 4.59. The molecular formula is C21H22N6O2. The van der Waals surface area contributed by atoms with Gasteiger partial charge >= 0.3 is 5.69 Å². The van der Waals surface area contributed by atoms with Crippen molar-refractivity contribution in [2.24, 2.45) is 0 Å². The van der Waals surface area contributed by atoms with Crippen LogP contribution in [0.15, 0.2) is 65.7 Å². The maximum absolute atomic E-state index is 12.6. The molecule has 8 nitrogen and oxygen atoms in total. The molecule has 0 atom stereocenters. The van der Waals surface area contributed by atoms with Gasteiger partial charge in [-0.25, -0.2) is 14.2 Å². The molecular weight excluding hydrogens is 368 g/mol. The van der Waals surface area contributed by atoms with E-state index in [-0.39, 0.29) is 11.6 Å². The van der Waals surface area contributed by atoms with Gasteiger partial charge in [0.05, 0.1) is 23.1 Å². The normalized spacial score (nSPS) is 11.1. The Bertz CT molecular complexity index is 1190. The number of benzene rings is 1. The number of nitrogens with one attached hydrogen (secondary N) is 1. The highest BCUT2D eigenvalue weighted by atomic mass is 16.2. The summed E-state index contributed by atoms with van der Waals surface area (Å²) in [6, 6.07) is 15.2. The van der Waals surface area contributed by atoms with Gasteiger partial charge in [-0.3, -0.25) is 9.20 Å². The highest BCUT2D eigenvalue weighted by molar-refractivity contribution is 5.95. The van der Waals surface area contributed by atoms with Gasteiger partial charge in [0.1, 0.15) is 0 Å². The number of carbonyl (C=O) groups excluding carboxylic acids is 1. The van der Waals surface area contributed by atoms with Gasteiger partial charge in [0.15, 0.2) is 5.65 Å². The van der Waals surface area contributed by atoms with Crippen LogP contribution in [0.5, 0.6) is 0 Å². The van der Waals surface area contributed by atoms with E-state index in [0.717, 1.165) is 11.4 Å². The van der Waals surface area contributed by atoms with Gasteiger partial charge in [-0.1, -0.05) is 31.2 Å². The van der Waals surface area contributed by atoms with E-state index in [2.05, 4.69) is 15.5 Å². The van der Waals surface area contributed by atoms with E-state index in [4.69, 9.17) is 0 Å². The van der Waals surface area contributed by atoms with Crippen LogP contribution < -0.4 is 11.0 Å². The third kappa shape index (κ3) is 3.69. The fraction of sp³-hybridized carbons (Fsp3) is 0.238. The average Bonchev–Trinajstić information content (AvgIpc) is 3.33. The first-order valence-corrected chi connectivity index (χ1v) is 9.63. The molecule has 1 aromatic carbocycles. The van der Waals surface area contributed by atoms with Crippen molar-refractivity contribution in [2.75, 3.05) is 6.54 Å². The molecule has 0 fully saturated rings. The minimum Gasteiger partial charge on any atom is -0.352 e. The van der Waals surface area contributed by atoms with E-state index in [1.54, 1.807) is 29.2 Å². The summed E-state index contributed by atoms with van der Waals surface area (Å²) >= 11 is 0. The van der Waals surface area contributed by atoms with Gasteiger partial charge in [0, 0.05) is 19.3 Å². The lowest BCUT2D eigenvalue weighted by Gasteiger charge is -2.08. The molecule has 3 aromatic heterocycles. The molecule has 0 saturated carbocycles. The van der Waals surface area contributed by atoms with Gasteiger partial charge in [-0.2, -0.15) is 5.10 Å². The van der Waals surface area contributed by atoms with Crippen molar-refractivity contribution < 1.29 is 4.79 Å². The number of pyridine rings is 1. The number of fused-ring (bicyclic) bond motifs is 1. The van der Waals surface area contributed by atoms with Crippen molar-refractivity contribution >= 4 is 11.6 Å². The molecule has 0 spiro atoms. The van der Waals surface area contributed by atoms with Crippen LogP contribution in [0.3, 0.4) is 0 Å². The number of amides is 1. The van der Waals surface area contributed by atoms with Crippen LogP contribution in [-0.2, 0) is 13.0 Å². The average molecular weight is 390 g/mol. The third-order valence-electron chi connectivity index (χ3n) is 4.77. The summed E-state index contributed by atoms with van der Waals surface area (Å²) in [6.45, 7) is 2.88. The first kappa shape index (κ1) is 18.7. The molecule has 3 heterocycles. The number of aryl methyl sites for hydroxylation is 1. The lowest BCUT2D eigenvalue weighted by molar-refractivity contribution is 0.0951. The second kappa shape index (κ2) is 8.14. The highest BCUT2D eigenvalue weighted by Crippen LogP contribution is 2.15. The molecule has 1 N–H and O–H groups in total. The Hall–Kier alpha value is -3.68. The monoisotopic (exact) mass is 390 g/mol. The second-order valence-corrected chi connectivity index (χ2v) is 6.65. The molecule has 0 saturated heterocycles. The standard InChI is InChI=1S/C21H22N6O2/c1-2-18-17(15-23-27(18)16-9-4-3-5-10-16)20(28)22-12-8-14-26-21(29)25-13-7-6-11-19(25)24-26/h3-7,9-11,13,15H,2,8,12,14H2,1H3,(H,22,28). The third-order valence-corrected chi connectivity index (χ3v) is 4.77.